The maximum atomic E-state index is 6.01. The van der Waals surface area contributed by atoms with Gasteiger partial charge in [-0.15, -0.1) is 0 Å². The van der Waals surface area contributed by atoms with Crippen LogP contribution in [0.5, 0.6) is 0 Å². The third-order valence-electron chi connectivity index (χ3n) is 3.36. The van der Waals surface area contributed by atoms with Gasteiger partial charge in [-0.05, 0) is 61.0 Å². The summed E-state index contributed by atoms with van der Waals surface area (Å²) >= 11 is 7.44. The molecule has 0 fully saturated rings. The number of aromatic nitrogens is 2. The lowest BCUT2D eigenvalue weighted by molar-refractivity contribution is 0.911. The van der Waals surface area contributed by atoms with Crippen molar-refractivity contribution in [3.63, 3.8) is 0 Å². The number of halogens is 1. The van der Waals surface area contributed by atoms with Crippen molar-refractivity contribution in [2.45, 2.75) is 36.1 Å². The van der Waals surface area contributed by atoms with Crippen LogP contribution in [0.1, 0.15) is 23.2 Å². The third kappa shape index (κ3) is 2.55. The van der Waals surface area contributed by atoms with E-state index in [1.54, 1.807) is 11.8 Å². The van der Waals surface area contributed by atoms with Crippen molar-refractivity contribution in [2.75, 3.05) is 5.73 Å². The molecule has 1 aliphatic carbocycles. The Balaban J connectivity index is 1.93. The summed E-state index contributed by atoms with van der Waals surface area (Å²) in [7, 11) is 0. The van der Waals surface area contributed by atoms with Crippen molar-refractivity contribution in [3.8, 4) is 0 Å². The van der Waals surface area contributed by atoms with Crippen LogP contribution in [0.15, 0.2) is 28.1 Å². The third-order valence-corrected chi connectivity index (χ3v) is 4.52. The molecule has 0 saturated heterocycles. The first kappa shape index (κ1) is 12.8. The van der Waals surface area contributed by atoms with Crippen LogP contribution in [0.25, 0.3) is 0 Å². The molecule has 0 unspecified atom stereocenters. The van der Waals surface area contributed by atoms with Gasteiger partial charge in [-0.2, -0.15) is 0 Å². The molecule has 0 radical (unpaired) electrons. The minimum absolute atomic E-state index is 0.246. The molecule has 2 N–H and O–H groups in total. The minimum Gasteiger partial charge on any atom is -0.395 e. The molecule has 1 aliphatic rings. The van der Waals surface area contributed by atoms with E-state index in [-0.39, 0.29) is 5.28 Å². The number of hydrogen-bond donors (Lipinski definition) is 1. The summed E-state index contributed by atoms with van der Waals surface area (Å²) < 4.78 is 0. The predicted octanol–water partition coefficient (Wildman–Crippen LogP) is 3.66. The van der Waals surface area contributed by atoms with E-state index in [0.29, 0.717) is 5.69 Å². The Morgan fingerprint density at radius 3 is 2.84 bits per heavy atom. The number of hydrogen-bond acceptors (Lipinski definition) is 4. The van der Waals surface area contributed by atoms with Gasteiger partial charge < -0.3 is 5.73 Å². The Kier molecular flexibility index (Phi) is 3.37. The molecule has 98 valence electrons. The molecule has 0 bridgehead atoms. The van der Waals surface area contributed by atoms with E-state index in [9.17, 15) is 0 Å². The lowest BCUT2D eigenvalue weighted by Crippen LogP contribution is -1.99. The zero-order chi connectivity index (χ0) is 13.4. The van der Waals surface area contributed by atoms with Gasteiger partial charge in [0.2, 0.25) is 5.28 Å². The lowest BCUT2D eigenvalue weighted by atomic mass is 10.1. The van der Waals surface area contributed by atoms with Crippen molar-refractivity contribution >= 4 is 29.1 Å². The van der Waals surface area contributed by atoms with E-state index in [2.05, 4.69) is 28.2 Å². The van der Waals surface area contributed by atoms with Gasteiger partial charge in [0.25, 0.3) is 0 Å². The fourth-order valence-electron chi connectivity index (χ4n) is 2.32. The summed E-state index contributed by atoms with van der Waals surface area (Å²) in [4.78, 5) is 9.42. The lowest BCUT2D eigenvalue weighted by Gasteiger charge is -2.08. The van der Waals surface area contributed by atoms with Crippen molar-refractivity contribution in [1.82, 2.24) is 9.97 Å². The average Bonchev–Trinajstić information content (AvgIpc) is 2.82. The predicted molar refractivity (Wildman–Crippen MR) is 78.8 cm³/mol. The first-order valence-corrected chi connectivity index (χ1v) is 7.42. The maximum absolute atomic E-state index is 6.01. The zero-order valence-electron chi connectivity index (χ0n) is 10.6. The number of aryl methyl sites for hydroxylation is 3. The fourth-order valence-corrected chi connectivity index (χ4v) is 3.54. The van der Waals surface area contributed by atoms with E-state index in [1.807, 2.05) is 6.92 Å². The summed E-state index contributed by atoms with van der Waals surface area (Å²) in [5.74, 6) is 0. The largest absolute Gasteiger partial charge is 0.395 e. The Labute approximate surface area is 121 Å². The van der Waals surface area contributed by atoms with Gasteiger partial charge >= 0.3 is 0 Å². The molecule has 19 heavy (non-hydrogen) atoms. The van der Waals surface area contributed by atoms with Crippen LogP contribution in [0.2, 0.25) is 5.28 Å². The molecule has 1 aromatic heterocycles. The second-order valence-corrected chi connectivity index (χ2v) is 6.08. The van der Waals surface area contributed by atoms with Gasteiger partial charge in [-0.3, -0.25) is 0 Å². The second-order valence-electron chi connectivity index (χ2n) is 4.68. The summed E-state index contributed by atoms with van der Waals surface area (Å²) in [6.45, 7) is 1.84. The van der Waals surface area contributed by atoms with E-state index in [4.69, 9.17) is 17.3 Å². The van der Waals surface area contributed by atoms with Crippen molar-refractivity contribution in [2.24, 2.45) is 0 Å². The van der Waals surface area contributed by atoms with Crippen LogP contribution < -0.4 is 5.73 Å². The van der Waals surface area contributed by atoms with Crippen LogP contribution in [-0.4, -0.2) is 9.97 Å². The molecule has 5 heteroatoms. The molecule has 2 aromatic rings. The summed E-state index contributed by atoms with van der Waals surface area (Å²) in [5, 5.41) is 0.978. The molecular formula is C14H14ClN3S. The average molecular weight is 292 g/mol. The number of rotatable bonds is 2. The van der Waals surface area contributed by atoms with Crippen LogP contribution >= 0.6 is 23.4 Å². The SMILES string of the molecule is Cc1nc(Cl)nc(Sc2ccc3c(c2)CCC3)c1N. The Bertz CT molecular complexity index is 643. The molecule has 0 amide bonds. The van der Waals surface area contributed by atoms with Gasteiger partial charge in [0.1, 0.15) is 5.03 Å². The summed E-state index contributed by atoms with van der Waals surface area (Å²) in [6.07, 6.45) is 3.62. The summed E-state index contributed by atoms with van der Waals surface area (Å²) in [6, 6.07) is 6.56. The van der Waals surface area contributed by atoms with Crippen LogP contribution in [0, 0.1) is 6.92 Å². The number of benzene rings is 1. The molecule has 0 atom stereocenters. The molecule has 1 aromatic carbocycles. The topological polar surface area (TPSA) is 51.8 Å². The minimum atomic E-state index is 0.246. The van der Waals surface area contributed by atoms with Gasteiger partial charge in [0, 0.05) is 4.90 Å². The smallest absolute Gasteiger partial charge is 0.223 e. The Hall–Kier alpha value is -1.26. The van der Waals surface area contributed by atoms with Crippen LogP contribution in [0.4, 0.5) is 5.69 Å². The highest BCUT2D eigenvalue weighted by Crippen LogP contribution is 2.34. The van der Waals surface area contributed by atoms with Crippen LogP contribution in [0.3, 0.4) is 0 Å². The van der Waals surface area contributed by atoms with E-state index >= 15 is 0 Å². The monoisotopic (exact) mass is 291 g/mol. The number of nitrogen functional groups attached to an aromatic ring is 1. The standard InChI is InChI=1S/C14H14ClN3S/c1-8-12(16)13(18-14(15)17-8)19-11-6-5-9-3-2-4-10(9)7-11/h5-7H,2-4,16H2,1H3. The molecule has 0 saturated carbocycles. The first-order valence-electron chi connectivity index (χ1n) is 6.23. The van der Waals surface area contributed by atoms with Crippen molar-refractivity contribution < 1.29 is 0 Å². The molecule has 0 spiro atoms. The van der Waals surface area contributed by atoms with E-state index < -0.39 is 0 Å². The normalized spacial score (nSPS) is 13.6. The van der Waals surface area contributed by atoms with Gasteiger partial charge in [0.05, 0.1) is 11.4 Å². The fraction of sp³-hybridized carbons (Fsp3) is 0.286. The highest BCUT2D eigenvalue weighted by molar-refractivity contribution is 7.99. The number of nitrogens with zero attached hydrogens (tertiary/aromatic N) is 2. The summed E-state index contributed by atoms with van der Waals surface area (Å²) in [5.41, 5.74) is 10.3. The highest BCUT2D eigenvalue weighted by atomic mass is 35.5. The maximum Gasteiger partial charge on any atom is 0.223 e. The number of fused-ring (bicyclic) bond motifs is 1. The zero-order valence-corrected chi connectivity index (χ0v) is 12.2. The molecule has 1 heterocycles. The van der Waals surface area contributed by atoms with E-state index in [1.165, 1.54) is 30.4 Å². The molecule has 0 aliphatic heterocycles. The second kappa shape index (κ2) is 5.02. The van der Waals surface area contributed by atoms with Gasteiger partial charge in [0.15, 0.2) is 0 Å². The Morgan fingerprint density at radius 2 is 2.00 bits per heavy atom. The van der Waals surface area contributed by atoms with Crippen LogP contribution in [-0.2, 0) is 12.8 Å². The molecular weight excluding hydrogens is 278 g/mol. The quantitative estimate of drug-likeness (QED) is 0.678. The van der Waals surface area contributed by atoms with E-state index in [0.717, 1.165) is 15.6 Å². The Morgan fingerprint density at radius 1 is 1.21 bits per heavy atom. The van der Waals surface area contributed by atoms with Gasteiger partial charge in [-0.25, -0.2) is 9.97 Å². The molecule has 3 nitrogen and oxygen atoms in total. The van der Waals surface area contributed by atoms with Crippen molar-refractivity contribution in [1.29, 1.82) is 0 Å². The molecule has 3 rings (SSSR count). The number of anilines is 1. The highest BCUT2D eigenvalue weighted by Gasteiger charge is 2.13. The van der Waals surface area contributed by atoms with Gasteiger partial charge in [-0.1, -0.05) is 17.8 Å². The van der Waals surface area contributed by atoms with Crippen molar-refractivity contribution in [3.05, 3.63) is 40.3 Å². The first-order chi connectivity index (χ1) is 9.13. The number of nitrogens with two attached hydrogens (primary N) is 1.